The summed E-state index contributed by atoms with van der Waals surface area (Å²) in [6.45, 7) is -0.441. The summed E-state index contributed by atoms with van der Waals surface area (Å²) in [7, 11) is 0. The number of rotatable bonds is 4. The fraction of sp³-hybridized carbons (Fsp3) is 0.208. The molecule has 1 aliphatic rings. The van der Waals surface area contributed by atoms with E-state index in [-0.39, 0.29) is 11.4 Å². The van der Waals surface area contributed by atoms with Crippen LogP contribution < -0.4 is 10.1 Å². The van der Waals surface area contributed by atoms with E-state index < -0.39 is 59.9 Å². The highest BCUT2D eigenvalue weighted by Gasteiger charge is 2.41. The van der Waals surface area contributed by atoms with Crippen LogP contribution in [-0.4, -0.2) is 34.6 Å². The number of hydrogen-bond donors (Lipinski definition) is 1. The molecule has 39 heavy (non-hydrogen) atoms. The zero-order valence-electron chi connectivity index (χ0n) is 19.2. The molecule has 3 aromatic rings. The molecule has 4 rings (SSSR count). The summed E-state index contributed by atoms with van der Waals surface area (Å²) in [6.07, 6.45) is -15.3. The highest BCUT2D eigenvalue weighted by molar-refractivity contribution is 6.07. The molecular weight excluding hydrogens is 547 g/mol. The van der Waals surface area contributed by atoms with Crippen molar-refractivity contribution in [2.75, 3.05) is 11.9 Å². The molecule has 1 aromatic heterocycles. The van der Waals surface area contributed by atoms with Crippen molar-refractivity contribution in [3.63, 3.8) is 0 Å². The number of nitrogens with one attached hydrogen (secondary N) is 1. The van der Waals surface area contributed by atoms with Gasteiger partial charge >= 0.3 is 24.7 Å². The minimum atomic E-state index is -5.18. The van der Waals surface area contributed by atoms with Crippen LogP contribution in [0.2, 0.25) is 0 Å². The van der Waals surface area contributed by atoms with Crippen LogP contribution in [0.1, 0.15) is 28.4 Å². The Morgan fingerprint density at radius 2 is 1.41 bits per heavy atom. The van der Waals surface area contributed by atoms with Crippen LogP contribution in [0.25, 0.3) is 0 Å². The van der Waals surface area contributed by atoms with E-state index >= 15 is 0 Å². The summed E-state index contributed by atoms with van der Waals surface area (Å²) < 4.78 is 121. The number of nitrogens with zero attached hydrogens (tertiary/aromatic N) is 3. The molecule has 0 spiro atoms. The number of anilines is 1. The Hall–Kier alpha value is -4.30. The van der Waals surface area contributed by atoms with Gasteiger partial charge in [-0.3, -0.25) is 0 Å². The van der Waals surface area contributed by atoms with E-state index in [1.165, 1.54) is 12.1 Å². The first-order chi connectivity index (χ1) is 18.1. The average Bonchev–Trinajstić information content (AvgIpc) is 3.29. The Bertz CT molecular complexity index is 1340. The lowest BCUT2D eigenvalue weighted by Crippen LogP contribution is -2.30. The first kappa shape index (κ1) is 27.7. The molecule has 1 aliphatic heterocycles. The number of hydrogen-bond acceptors (Lipinski definition) is 4. The lowest BCUT2D eigenvalue weighted by atomic mass is 9.90. The number of pyridine rings is 1. The van der Waals surface area contributed by atoms with E-state index in [0.29, 0.717) is 17.7 Å². The number of carbonyl (C=O) groups is 1. The van der Waals surface area contributed by atoms with Gasteiger partial charge in [-0.05, 0) is 47.5 Å². The van der Waals surface area contributed by atoms with E-state index in [1.54, 1.807) is 18.2 Å². The number of alkyl halides is 9. The second kappa shape index (κ2) is 10.1. The van der Waals surface area contributed by atoms with Crippen molar-refractivity contribution in [1.29, 1.82) is 0 Å². The maximum absolute atomic E-state index is 13.4. The van der Waals surface area contributed by atoms with Gasteiger partial charge in [0.25, 0.3) is 0 Å². The molecule has 2 amide bonds. The van der Waals surface area contributed by atoms with Crippen molar-refractivity contribution >= 4 is 17.4 Å². The van der Waals surface area contributed by atoms with E-state index in [9.17, 15) is 44.3 Å². The zero-order valence-corrected chi connectivity index (χ0v) is 19.2. The van der Waals surface area contributed by atoms with Crippen LogP contribution in [0.4, 0.5) is 50.0 Å². The molecule has 15 heteroatoms. The Morgan fingerprint density at radius 3 is 1.92 bits per heavy atom. The van der Waals surface area contributed by atoms with Gasteiger partial charge in [0.15, 0.2) is 0 Å². The molecule has 2 heterocycles. The van der Waals surface area contributed by atoms with Gasteiger partial charge in [0.1, 0.15) is 17.1 Å². The van der Waals surface area contributed by atoms with E-state index in [2.05, 4.69) is 20.1 Å². The smallest absolute Gasteiger partial charge is 0.406 e. The van der Waals surface area contributed by atoms with Gasteiger partial charge in [-0.15, -0.1) is 13.2 Å². The Balaban J connectivity index is 1.66. The predicted molar refractivity (Wildman–Crippen MR) is 119 cm³/mol. The molecule has 0 bridgehead atoms. The van der Waals surface area contributed by atoms with Gasteiger partial charge < -0.3 is 10.1 Å². The van der Waals surface area contributed by atoms with Crippen LogP contribution in [0.15, 0.2) is 71.8 Å². The van der Waals surface area contributed by atoms with Crippen molar-refractivity contribution in [3.8, 4) is 5.75 Å². The fourth-order valence-electron chi connectivity index (χ4n) is 3.73. The number of aromatic nitrogens is 1. The Labute approximate surface area is 213 Å². The molecular formula is C24H15F9N4O2. The number of halogens is 9. The molecule has 1 unspecified atom stereocenters. The standard InChI is InChI=1S/C24H15F9N4O2/c25-22(26,27)18-10-14(11-19(35-18)23(28,29)30)17-12-37(36-20(17)13-4-2-1-3-5-13)21(38)34-15-6-8-16(9-7-15)39-24(31,32)33/h1-11,17H,12H2,(H,34,38). The first-order valence-electron chi connectivity index (χ1n) is 10.8. The van der Waals surface area contributed by atoms with Gasteiger partial charge in [-0.25, -0.2) is 14.8 Å². The molecule has 2 aromatic carbocycles. The molecule has 1 N–H and O–H groups in total. The quantitative estimate of drug-likeness (QED) is 0.347. The summed E-state index contributed by atoms with van der Waals surface area (Å²) in [4.78, 5) is 15.6. The molecule has 1 atom stereocenters. The van der Waals surface area contributed by atoms with Crippen molar-refractivity contribution in [2.45, 2.75) is 24.6 Å². The highest BCUT2D eigenvalue weighted by Crippen LogP contribution is 2.38. The fourth-order valence-corrected chi connectivity index (χ4v) is 3.73. The molecule has 0 fully saturated rings. The third-order valence-electron chi connectivity index (χ3n) is 5.39. The second-order valence-corrected chi connectivity index (χ2v) is 8.15. The SMILES string of the molecule is O=C(Nc1ccc(OC(F)(F)F)cc1)N1CC(c2cc(C(F)(F)F)nc(C(F)(F)F)c2)C(c2ccccc2)=N1. The monoisotopic (exact) mass is 562 g/mol. The number of ether oxygens (including phenoxy) is 1. The number of carbonyl (C=O) groups excluding carboxylic acids is 1. The first-order valence-corrected chi connectivity index (χ1v) is 10.8. The second-order valence-electron chi connectivity index (χ2n) is 8.15. The lowest BCUT2D eigenvalue weighted by molar-refractivity contribution is -0.274. The molecule has 0 saturated carbocycles. The molecule has 6 nitrogen and oxygen atoms in total. The topological polar surface area (TPSA) is 66.8 Å². The predicted octanol–water partition coefficient (Wildman–Crippen LogP) is 7.05. The third-order valence-corrected chi connectivity index (χ3v) is 5.39. The minimum Gasteiger partial charge on any atom is -0.406 e. The molecule has 0 aliphatic carbocycles. The maximum Gasteiger partial charge on any atom is 0.573 e. The zero-order chi connectivity index (χ0) is 28.6. The maximum atomic E-state index is 13.4. The summed E-state index contributed by atoms with van der Waals surface area (Å²) in [5.41, 5.74) is -3.56. The van der Waals surface area contributed by atoms with Crippen LogP contribution in [0.3, 0.4) is 0 Å². The Morgan fingerprint density at radius 1 is 0.846 bits per heavy atom. The van der Waals surface area contributed by atoms with E-state index in [1.807, 2.05) is 0 Å². The minimum absolute atomic E-state index is 0.0205. The number of amides is 2. The summed E-state index contributed by atoms with van der Waals surface area (Å²) >= 11 is 0. The van der Waals surface area contributed by atoms with Crippen LogP contribution in [-0.2, 0) is 12.4 Å². The Kier molecular flexibility index (Phi) is 7.19. The van der Waals surface area contributed by atoms with Gasteiger partial charge in [0.05, 0.1) is 12.3 Å². The molecule has 0 saturated heterocycles. The van der Waals surface area contributed by atoms with Gasteiger partial charge in [-0.1, -0.05) is 30.3 Å². The van der Waals surface area contributed by atoms with Crippen molar-refractivity contribution < 1.29 is 49.0 Å². The number of urea groups is 1. The van der Waals surface area contributed by atoms with E-state index in [0.717, 1.165) is 29.3 Å². The normalized spacial score (nSPS) is 16.2. The van der Waals surface area contributed by atoms with E-state index in [4.69, 9.17) is 0 Å². The van der Waals surface area contributed by atoms with Crippen LogP contribution in [0, 0.1) is 0 Å². The van der Waals surface area contributed by atoms with Crippen LogP contribution >= 0.6 is 0 Å². The van der Waals surface area contributed by atoms with Gasteiger partial charge in [-0.2, -0.15) is 31.4 Å². The van der Waals surface area contributed by atoms with Crippen molar-refractivity contribution in [1.82, 2.24) is 9.99 Å². The molecule has 206 valence electrons. The average molecular weight is 562 g/mol. The van der Waals surface area contributed by atoms with Crippen molar-refractivity contribution in [3.05, 3.63) is 89.2 Å². The third kappa shape index (κ3) is 6.78. The molecule has 0 radical (unpaired) electrons. The van der Waals surface area contributed by atoms with Crippen LogP contribution in [0.5, 0.6) is 5.75 Å². The highest BCUT2D eigenvalue weighted by atomic mass is 19.4. The number of hydrazone groups is 1. The summed E-state index contributed by atoms with van der Waals surface area (Å²) in [5, 5.41) is 7.30. The lowest BCUT2D eigenvalue weighted by Gasteiger charge is -2.19. The largest absolute Gasteiger partial charge is 0.573 e. The van der Waals surface area contributed by atoms with Gasteiger partial charge in [0.2, 0.25) is 0 Å². The van der Waals surface area contributed by atoms with Gasteiger partial charge in [0, 0.05) is 11.6 Å². The number of benzene rings is 2. The summed E-state index contributed by atoms with van der Waals surface area (Å²) in [5.74, 6) is -1.75. The van der Waals surface area contributed by atoms with Crippen molar-refractivity contribution in [2.24, 2.45) is 5.10 Å². The summed E-state index contributed by atoms with van der Waals surface area (Å²) in [6, 6.07) is 11.9.